The maximum Gasteiger partial charge on any atom is 0.265 e. The maximum atomic E-state index is 11.6. The summed E-state index contributed by atoms with van der Waals surface area (Å²) in [5.74, 6) is 4.91. The molecule has 0 saturated heterocycles. The summed E-state index contributed by atoms with van der Waals surface area (Å²) in [5.41, 5.74) is 3.72. The Morgan fingerprint density at radius 1 is 1.50 bits per heavy atom. The molecule has 0 aliphatic rings. The van der Waals surface area contributed by atoms with Gasteiger partial charge in [-0.1, -0.05) is 18.2 Å². The molecule has 3 N–H and O–H groups in total. The van der Waals surface area contributed by atoms with Crippen LogP contribution in [0, 0.1) is 0 Å². The fourth-order valence-electron chi connectivity index (χ4n) is 1.75. The zero-order chi connectivity index (χ0) is 13.5. The summed E-state index contributed by atoms with van der Waals surface area (Å²) in [5, 5.41) is 0. The third kappa shape index (κ3) is 3.80. The van der Waals surface area contributed by atoms with Gasteiger partial charge in [-0.25, -0.2) is 5.84 Å². The number of hydrogen-bond acceptors (Lipinski definition) is 4. The Hall–Kier alpha value is -1.43. The molecule has 1 atom stereocenters. The van der Waals surface area contributed by atoms with Crippen molar-refractivity contribution in [1.29, 1.82) is 0 Å². The van der Waals surface area contributed by atoms with E-state index in [0.29, 0.717) is 18.7 Å². The largest absolute Gasteiger partial charge is 0.383 e. The van der Waals surface area contributed by atoms with Crippen LogP contribution in [0.2, 0.25) is 0 Å². The molecule has 5 heteroatoms. The number of carbonyl (C=O) groups excluding carboxylic acids is 1. The van der Waals surface area contributed by atoms with Gasteiger partial charge < -0.3 is 4.74 Å². The minimum absolute atomic E-state index is 0.265. The number of ether oxygens (including phenoxy) is 1. The fourth-order valence-corrected chi connectivity index (χ4v) is 1.75. The lowest BCUT2D eigenvalue weighted by molar-refractivity contribution is 0.0947. The lowest BCUT2D eigenvalue weighted by Crippen LogP contribution is -2.34. The number of methoxy groups -OCH3 is 1. The molecule has 0 heterocycles. The quantitative estimate of drug-likeness (QED) is 0.445. The minimum atomic E-state index is -0.265. The normalized spacial score (nSPS) is 12.5. The molecule has 0 aromatic heterocycles. The smallest absolute Gasteiger partial charge is 0.265 e. The predicted molar refractivity (Wildman–Crippen MR) is 70.9 cm³/mol. The molecule has 1 unspecified atom stereocenters. The van der Waals surface area contributed by atoms with E-state index in [1.54, 1.807) is 13.2 Å². The van der Waals surface area contributed by atoms with Crippen LogP contribution in [0.15, 0.2) is 24.3 Å². The van der Waals surface area contributed by atoms with E-state index < -0.39 is 0 Å². The van der Waals surface area contributed by atoms with Crippen LogP contribution in [0.4, 0.5) is 0 Å². The zero-order valence-electron chi connectivity index (χ0n) is 11.1. The second kappa shape index (κ2) is 7.10. The van der Waals surface area contributed by atoms with Crippen LogP contribution < -0.4 is 11.3 Å². The lowest BCUT2D eigenvalue weighted by atomic mass is 10.1. The minimum Gasteiger partial charge on any atom is -0.383 e. The molecule has 5 nitrogen and oxygen atoms in total. The Kier molecular flexibility index (Phi) is 5.77. The Morgan fingerprint density at radius 3 is 2.78 bits per heavy atom. The predicted octanol–water partition coefficient (Wildman–Crippen LogP) is 0.757. The molecule has 100 valence electrons. The van der Waals surface area contributed by atoms with Crippen LogP contribution >= 0.6 is 0 Å². The Balaban J connectivity index is 2.80. The topological polar surface area (TPSA) is 67.6 Å². The Bertz CT molecular complexity index is 396. The van der Waals surface area contributed by atoms with Crippen molar-refractivity contribution in [3.63, 3.8) is 0 Å². The average molecular weight is 251 g/mol. The van der Waals surface area contributed by atoms with E-state index in [1.165, 1.54) is 0 Å². The van der Waals surface area contributed by atoms with Crippen LogP contribution in [0.3, 0.4) is 0 Å². The number of nitrogens with zero attached hydrogens (tertiary/aromatic N) is 1. The molecule has 1 amide bonds. The molecule has 18 heavy (non-hydrogen) atoms. The number of hydrogen-bond donors (Lipinski definition) is 2. The van der Waals surface area contributed by atoms with Crippen LogP contribution in [-0.2, 0) is 11.3 Å². The molecular weight excluding hydrogens is 230 g/mol. The van der Waals surface area contributed by atoms with Crippen molar-refractivity contribution < 1.29 is 9.53 Å². The fraction of sp³-hybridized carbons (Fsp3) is 0.462. The second-order valence-corrected chi connectivity index (χ2v) is 4.35. The average Bonchev–Trinajstić information content (AvgIpc) is 2.38. The summed E-state index contributed by atoms with van der Waals surface area (Å²) in [6.45, 7) is 3.41. The summed E-state index contributed by atoms with van der Waals surface area (Å²) >= 11 is 0. The summed E-state index contributed by atoms with van der Waals surface area (Å²) in [6.07, 6.45) is 0. The van der Waals surface area contributed by atoms with Gasteiger partial charge in [0.15, 0.2) is 0 Å². The van der Waals surface area contributed by atoms with Crippen LogP contribution in [-0.4, -0.2) is 37.6 Å². The van der Waals surface area contributed by atoms with E-state index in [0.717, 1.165) is 5.56 Å². The van der Waals surface area contributed by atoms with Crippen molar-refractivity contribution in [3.05, 3.63) is 35.4 Å². The summed E-state index contributed by atoms with van der Waals surface area (Å²) in [7, 11) is 3.68. The van der Waals surface area contributed by atoms with Gasteiger partial charge in [-0.15, -0.1) is 0 Å². The van der Waals surface area contributed by atoms with Gasteiger partial charge >= 0.3 is 0 Å². The van der Waals surface area contributed by atoms with Gasteiger partial charge in [-0.3, -0.25) is 15.1 Å². The van der Waals surface area contributed by atoms with Crippen LogP contribution in [0.5, 0.6) is 0 Å². The maximum absolute atomic E-state index is 11.6. The number of carbonyl (C=O) groups is 1. The molecule has 0 aliphatic carbocycles. The molecule has 0 aliphatic heterocycles. The number of nitrogen functional groups attached to an aromatic ring is 1. The van der Waals surface area contributed by atoms with E-state index in [-0.39, 0.29) is 11.9 Å². The van der Waals surface area contributed by atoms with Gasteiger partial charge in [0.2, 0.25) is 0 Å². The number of likely N-dealkylation sites (N-methyl/N-ethyl adjacent to an activating group) is 1. The first-order valence-electron chi connectivity index (χ1n) is 5.88. The SMILES string of the molecule is COCC(C)N(C)Cc1ccccc1C(=O)NN. The number of rotatable bonds is 6. The van der Waals surface area contributed by atoms with Crippen molar-refractivity contribution in [2.45, 2.75) is 19.5 Å². The van der Waals surface area contributed by atoms with Crippen LogP contribution in [0.1, 0.15) is 22.8 Å². The molecule has 1 rings (SSSR count). The Labute approximate surface area is 108 Å². The molecule has 1 aromatic carbocycles. The Morgan fingerprint density at radius 2 is 2.17 bits per heavy atom. The van der Waals surface area contributed by atoms with Gasteiger partial charge in [-0.05, 0) is 25.6 Å². The summed E-state index contributed by atoms with van der Waals surface area (Å²) < 4.78 is 5.12. The van der Waals surface area contributed by atoms with Gasteiger partial charge in [0.25, 0.3) is 5.91 Å². The first kappa shape index (κ1) is 14.6. The number of benzene rings is 1. The van der Waals surface area contributed by atoms with Gasteiger partial charge in [-0.2, -0.15) is 0 Å². The van der Waals surface area contributed by atoms with Crippen molar-refractivity contribution in [2.24, 2.45) is 5.84 Å². The number of hydrazine groups is 1. The standard InChI is InChI=1S/C13H21N3O2/c1-10(9-18-3)16(2)8-11-6-4-5-7-12(11)13(17)15-14/h4-7,10H,8-9,14H2,1-3H3,(H,15,17). The first-order valence-corrected chi connectivity index (χ1v) is 5.88. The zero-order valence-corrected chi connectivity index (χ0v) is 11.1. The number of nitrogens with two attached hydrogens (primary N) is 1. The van der Waals surface area contributed by atoms with E-state index in [2.05, 4.69) is 17.2 Å². The molecule has 0 fully saturated rings. The van der Waals surface area contributed by atoms with Crippen molar-refractivity contribution in [3.8, 4) is 0 Å². The van der Waals surface area contributed by atoms with Crippen molar-refractivity contribution >= 4 is 5.91 Å². The monoisotopic (exact) mass is 251 g/mol. The highest BCUT2D eigenvalue weighted by Gasteiger charge is 2.14. The molecule has 0 spiro atoms. The lowest BCUT2D eigenvalue weighted by Gasteiger charge is -2.24. The number of nitrogens with one attached hydrogen (secondary N) is 1. The van der Waals surface area contributed by atoms with Gasteiger partial charge in [0.05, 0.1) is 6.61 Å². The van der Waals surface area contributed by atoms with Crippen molar-refractivity contribution in [2.75, 3.05) is 20.8 Å². The second-order valence-electron chi connectivity index (χ2n) is 4.35. The van der Waals surface area contributed by atoms with E-state index in [4.69, 9.17) is 10.6 Å². The van der Waals surface area contributed by atoms with E-state index in [9.17, 15) is 4.79 Å². The molecule has 1 aromatic rings. The summed E-state index contributed by atoms with van der Waals surface area (Å²) in [6, 6.07) is 7.72. The highest BCUT2D eigenvalue weighted by Crippen LogP contribution is 2.12. The third-order valence-electron chi connectivity index (χ3n) is 2.97. The van der Waals surface area contributed by atoms with E-state index >= 15 is 0 Å². The highest BCUT2D eigenvalue weighted by molar-refractivity contribution is 5.95. The van der Waals surface area contributed by atoms with E-state index in [1.807, 2.05) is 25.2 Å². The van der Waals surface area contributed by atoms with Crippen LogP contribution in [0.25, 0.3) is 0 Å². The van der Waals surface area contributed by atoms with Crippen molar-refractivity contribution in [1.82, 2.24) is 10.3 Å². The number of amides is 1. The molecule has 0 bridgehead atoms. The molecule has 0 radical (unpaired) electrons. The molecule has 0 saturated carbocycles. The van der Waals surface area contributed by atoms with Gasteiger partial charge in [0.1, 0.15) is 0 Å². The first-order chi connectivity index (χ1) is 8.60. The summed E-state index contributed by atoms with van der Waals surface area (Å²) in [4.78, 5) is 13.8. The third-order valence-corrected chi connectivity index (χ3v) is 2.97. The molecular formula is C13H21N3O2. The van der Waals surface area contributed by atoms with Gasteiger partial charge in [0, 0.05) is 25.3 Å². The highest BCUT2D eigenvalue weighted by atomic mass is 16.5.